The van der Waals surface area contributed by atoms with Gasteiger partial charge < -0.3 is 14.5 Å². The first-order valence-corrected chi connectivity index (χ1v) is 11.1. The maximum absolute atomic E-state index is 13.3. The Morgan fingerprint density at radius 2 is 1.91 bits per heavy atom. The van der Waals surface area contributed by atoms with Gasteiger partial charge in [0.15, 0.2) is 0 Å². The predicted octanol–water partition coefficient (Wildman–Crippen LogP) is 2.97. The van der Waals surface area contributed by atoms with Crippen LogP contribution in [0.4, 0.5) is 4.79 Å². The van der Waals surface area contributed by atoms with E-state index in [0.717, 1.165) is 35.5 Å². The first-order valence-electron chi connectivity index (χ1n) is 11.1. The van der Waals surface area contributed by atoms with Crippen molar-refractivity contribution in [1.29, 1.82) is 0 Å². The maximum Gasteiger partial charge on any atom is 0.325 e. The van der Waals surface area contributed by atoms with Gasteiger partial charge in [0.2, 0.25) is 0 Å². The van der Waals surface area contributed by atoms with Crippen LogP contribution in [-0.2, 0) is 9.59 Å². The van der Waals surface area contributed by atoms with Crippen molar-refractivity contribution in [2.75, 3.05) is 13.7 Å². The summed E-state index contributed by atoms with van der Waals surface area (Å²) in [6.07, 6.45) is 7.47. The highest BCUT2D eigenvalue weighted by Crippen LogP contribution is 2.35. The Hall–Kier alpha value is -3.75. The second kappa shape index (κ2) is 8.31. The first-order chi connectivity index (χ1) is 16.0. The largest absolute Gasteiger partial charge is 0.497 e. The average Bonchev–Trinajstić information content (AvgIpc) is 3.56. The molecule has 4 amide bonds. The lowest BCUT2D eigenvalue weighted by Crippen LogP contribution is -2.50. The van der Waals surface area contributed by atoms with Gasteiger partial charge in [-0.15, -0.1) is 0 Å². The number of nitrogens with zero attached hydrogens (tertiary/aromatic N) is 2. The zero-order chi connectivity index (χ0) is 23.0. The summed E-state index contributed by atoms with van der Waals surface area (Å²) in [6.45, 7) is -0.347. The van der Waals surface area contributed by atoms with Gasteiger partial charge in [-0.05, 0) is 60.9 Å². The van der Waals surface area contributed by atoms with Crippen LogP contribution in [0.2, 0.25) is 0 Å². The highest BCUT2D eigenvalue weighted by atomic mass is 16.5. The molecule has 0 bridgehead atoms. The van der Waals surface area contributed by atoms with E-state index in [9.17, 15) is 14.4 Å². The summed E-state index contributed by atoms with van der Waals surface area (Å²) in [4.78, 5) is 40.1. The minimum absolute atomic E-state index is 0.308. The number of hydrogen-bond acceptors (Lipinski definition) is 6. The Labute approximate surface area is 191 Å². The van der Waals surface area contributed by atoms with E-state index in [1.807, 2.05) is 30.3 Å². The molecule has 1 spiro atoms. The first kappa shape index (κ1) is 21.1. The molecule has 1 saturated heterocycles. The van der Waals surface area contributed by atoms with E-state index in [0.29, 0.717) is 24.3 Å². The Morgan fingerprint density at radius 3 is 2.58 bits per heavy atom. The molecule has 2 N–H and O–H groups in total. The number of furan rings is 1. The number of ether oxygens (including phenoxy) is 1. The van der Waals surface area contributed by atoms with Crippen LogP contribution in [0.15, 0.2) is 53.2 Å². The molecule has 1 aromatic carbocycles. The van der Waals surface area contributed by atoms with Crippen LogP contribution in [0, 0.1) is 0 Å². The summed E-state index contributed by atoms with van der Waals surface area (Å²) in [6, 6.07) is 9.94. The number of benzene rings is 1. The fourth-order valence-electron chi connectivity index (χ4n) is 4.81. The fourth-order valence-corrected chi connectivity index (χ4v) is 4.81. The molecule has 0 unspecified atom stereocenters. The van der Waals surface area contributed by atoms with Crippen molar-refractivity contribution in [2.24, 2.45) is 0 Å². The standard InChI is InChI=1S/C24H26N4O5/c1-32-17-9-7-16(8-10-17)18-14-19(20-6-5-13-33-20)28(26-18)21(29)15-27-22(30)24(25-23(27)31)11-3-2-4-12-24/h5-10,13-14,19,26H,2-4,11-12,15H2,1H3,(H,25,31)/t19-/m1/s1. The Kier molecular flexibility index (Phi) is 5.32. The maximum atomic E-state index is 13.3. The third-order valence-electron chi connectivity index (χ3n) is 6.59. The third-order valence-corrected chi connectivity index (χ3v) is 6.59. The van der Waals surface area contributed by atoms with Crippen LogP contribution < -0.4 is 15.5 Å². The van der Waals surface area contributed by atoms with E-state index in [1.165, 1.54) is 5.01 Å². The SMILES string of the molecule is COc1ccc(C2=C[C@H](c3ccco3)N(C(=O)CN3C(=O)NC4(CCCCC4)C3=O)N2)cc1. The number of methoxy groups -OCH3 is 1. The summed E-state index contributed by atoms with van der Waals surface area (Å²) < 4.78 is 10.8. The van der Waals surface area contributed by atoms with Gasteiger partial charge in [0.05, 0.1) is 19.1 Å². The number of urea groups is 1. The molecule has 172 valence electrons. The lowest BCUT2D eigenvalue weighted by molar-refractivity contribution is -0.141. The van der Waals surface area contributed by atoms with Crippen molar-refractivity contribution >= 4 is 23.5 Å². The van der Waals surface area contributed by atoms with E-state index in [-0.39, 0.29) is 12.5 Å². The molecule has 2 aromatic rings. The van der Waals surface area contributed by atoms with Gasteiger partial charge in [-0.2, -0.15) is 0 Å². The van der Waals surface area contributed by atoms with Gasteiger partial charge in [-0.1, -0.05) is 19.3 Å². The van der Waals surface area contributed by atoms with E-state index >= 15 is 0 Å². The monoisotopic (exact) mass is 450 g/mol. The summed E-state index contributed by atoms with van der Waals surface area (Å²) in [5.41, 5.74) is 3.85. The van der Waals surface area contributed by atoms with Crippen molar-refractivity contribution < 1.29 is 23.5 Å². The van der Waals surface area contributed by atoms with E-state index < -0.39 is 23.5 Å². The fraction of sp³-hybridized carbons (Fsp3) is 0.375. The van der Waals surface area contributed by atoms with Crippen LogP contribution in [0.3, 0.4) is 0 Å². The van der Waals surface area contributed by atoms with E-state index in [1.54, 1.807) is 25.5 Å². The highest BCUT2D eigenvalue weighted by molar-refractivity contribution is 6.09. The Morgan fingerprint density at radius 1 is 1.15 bits per heavy atom. The summed E-state index contributed by atoms with van der Waals surface area (Å²) in [5, 5.41) is 4.26. The highest BCUT2D eigenvalue weighted by Gasteiger charge is 2.52. The molecule has 1 aliphatic carbocycles. The second-order valence-corrected chi connectivity index (χ2v) is 8.61. The molecule has 33 heavy (non-hydrogen) atoms. The molecular weight excluding hydrogens is 424 g/mol. The molecule has 5 rings (SSSR count). The van der Waals surface area contributed by atoms with Crippen LogP contribution in [0.25, 0.3) is 5.70 Å². The zero-order valence-electron chi connectivity index (χ0n) is 18.4. The molecule has 9 heteroatoms. The minimum Gasteiger partial charge on any atom is -0.497 e. The number of hydrazine groups is 1. The predicted molar refractivity (Wildman–Crippen MR) is 118 cm³/mol. The number of hydrogen-bond donors (Lipinski definition) is 2. The second-order valence-electron chi connectivity index (χ2n) is 8.61. The van der Waals surface area contributed by atoms with Crippen LogP contribution in [0.1, 0.15) is 49.5 Å². The van der Waals surface area contributed by atoms with Gasteiger partial charge in [0, 0.05) is 0 Å². The normalized spacial score (nSPS) is 21.7. The number of nitrogens with one attached hydrogen (secondary N) is 2. The van der Waals surface area contributed by atoms with Gasteiger partial charge in [0.1, 0.15) is 29.6 Å². The average molecular weight is 450 g/mol. The Bertz CT molecular complexity index is 1090. The number of imide groups is 1. The van der Waals surface area contributed by atoms with Gasteiger partial charge >= 0.3 is 6.03 Å². The molecule has 9 nitrogen and oxygen atoms in total. The number of carbonyl (C=O) groups excluding carboxylic acids is 3. The van der Waals surface area contributed by atoms with E-state index in [2.05, 4.69) is 10.7 Å². The molecule has 1 saturated carbocycles. The molecule has 1 aromatic heterocycles. The molecular formula is C24H26N4O5. The lowest BCUT2D eigenvalue weighted by atomic mass is 9.82. The summed E-state index contributed by atoms with van der Waals surface area (Å²) in [5.74, 6) is 0.577. The van der Waals surface area contributed by atoms with Crippen LogP contribution >= 0.6 is 0 Å². The van der Waals surface area contributed by atoms with Crippen LogP contribution in [-0.4, -0.2) is 46.9 Å². The summed E-state index contributed by atoms with van der Waals surface area (Å²) >= 11 is 0. The van der Waals surface area contributed by atoms with Crippen LogP contribution in [0.5, 0.6) is 5.75 Å². The quantitative estimate of drug-likeness (QED) is 0.679. The van der Waals surface area contributed by atoms with Crippen molar-refractivity contribution in [1.82, 2.24) is 20.7 Å². The number of rotatable bonds is 5. The van der Waals surface area contributed by atoms with Gasteiger partial charge in [0.25, 0.3) is 11.8 Å². The van der Waals surface area contributed by atoms with E-state index in [4.69, 9.17) is 9.15 Å². The van der Waals surface area contributed by atoms with Gasteiger partial charge in [-0.25, -0.2) is 9.80 Å². The zero-order valence-corrected chi connectivity index (χ0v) is 18.4. The smallest absolute Gasteiger partial charge is 0.325 e. The number of carbonyl (C=O) groups is 3. The van der Waals surface area contributed by atoms with Crippen molar-refractivity contribution in [2.45, 2.75) is 43.7 Å². The van der Waals surface area contributed by atoms with Gasteiger partial charge in [-0.3, -0.25) is 19.9 Å². The molecule has 1 atom stereocenters. The number of amides is 4. The molecule has 2 fully saturated rings. The van der Waals surface area contributed by atoms with Crippen molar-refractivity contribution in [3.8, 4) is 5.75 Å². The van der Waals surface area contributed by atoms with Crippen molar-refractivity contribution in [3.63, 3.8) is 0 Å². The third kappa shape index (κ3) is 3.73. The Balaban J connectivity index is 1.36. The molecule has 3 aliphatic rings. The lowest BCUT2D eigenvalue weighted by Gasteiger charge is -2.30. The topological polar surface area (TPSA) is 104 Å². The molecule has 0 radical (unpaired) electrons. The summed E-state index contributed by atoms with van der Waals surface area (Å²) in [7, 11) is 1.60. The van der Waals surface area contributed by atoms with Crippen molar-refractivity contribution in [3.05, 3.63) is 60.1 Å². The molecule has 2 aliphatic heterocycles. The molecule has 3 heterocycles. The minimum atomic E-state index is -0.860.